The van der Waals surface area contributed by atoms with Crippen LogP contribution in [0.25, 0.3) is 0 Å². The SMILES string of the molecule is COCCOCCOc1cccc2c1CCCC2N. The Kier molecular flexibility index (Phi) is 5.63. The van der Waals surface area contributed by atoms with Crippen LogP contribution in [0.2, 0.25) is 0 Å². The first-order valence-electron chi connectivity index (χ1n) is 6.89. The summed E-state index contributed by atoms with van der Waals surface area (Å²) in [5.74, 6) is 0.961. The van der Waals surface area contributed by atoms with Crippen molar-refractivity contribution < 1.29 is 14.2 Å². The molecule has 2 rings (SSSR count). The van der Waals surface area contributed by atoms with E-state index in [0.717, 1.165) is 25.0 Å². The van der Waals surface area contributed by atoms with E-state index in [0.29, 0.717) is 26.4 Å². The fraction of sp³-hybridized carbons (Fsp3) is 0.600. The molecule has 1 aliphatic carbocycles. The molecule has 0 fully saturated rings. The van der Waals surface area contributed by atoms with E-state index in [1.54, 1.807) is 7.11 Å². The first-order chi connectivity index (χ1) is 9.33. The zero-order valence-electron chi connectivity index (χ0n) is 11.6. The quantitative estimate of drug-likeness (QED) is 0.767. The summed E-state index contributed by atoms with van der Waals surface area (Å²) < 4.78 is 16.1. The normalized spacial score (nSPS) is 18.1. The molecule has 19 heavy (non-hydrogen) atoms. The van der Waals surface area contributed by atoms with Crippen LogP contribution in [0.15, 0.2) is 18.2 Å². The first-order valence-corrected chi connectivity index (χ1v) is 6.89. The molecule has 1 aromatic rings. The van der Waals surface area contributed by atoms with Crippen LogP contribution < -0.4 is 10.5 Å². The third kappa shape index (κ3) is 3.93. The largest absolute Gasteiger partial charge is 0.491 e. The highest BCUT2D eigenvalue weighted by molar-refractivity contribution is 5.43. The molecule has 4 nitrogen and oxygen atoms in total. The smallest absolute Gasteiger partial charge is 0.122 e. The highest BCUT2D eigenvalue weighted by atomic mass is 16.5. The Morgan fingerprint density at radius 3 is 2.89 bits per heavy atom. The summed E-state index contributed by atoms with van der Waals surface area (Å²) in [6.07, 6.45) is 3.26. The van der Waals surface area contributed by atoms with Gasteiger partial charge in [-0.25, -0.2) is 0 Å². The van der Waals surface area contributed by atoms with Crippen LogP contribution in [0, 0.1) is 0 Å². The standard InChI is InChI=1S/C15H23NO3/c1-17-8-9-18-10-11-19-15-7-3-4-12-13(15)5-2-6-14(12)16/h3-4,7,14H,2,5-6,8-11,16H2,1H3. The third-order valence-corrected chi connectivity index (χ3v) is 3.43. The minimum absolute atomic E-state index is 0.158. The molecule has 0 bridgehead atoms. The maximum Gasteiger partial charge on any atom is 0.122 e. The van der Waals surface area contributed by atoms with Crippen molar-refractivity contribution in [1.29, 1.82) is 0 Å². The summed E-state index contributed by atoms with van der Waals surface area (Å²) >= 11 is 0. The molecule has 0 aromatic heterocycles. The lowest BCUT2D eigenvalue weighted by Crippen LogP contribution is -2.18. The monoisotopic (exact) mass is 265 g/mol. The highest BCUT2D eigenvalue weighted by Crippen LogP contribution is 2.33. The van der Waals surface area contributed by atoms with Crippen LogP contribution in [-0.4, -0.2) is 33.5 Å². The zero-order valence-corrected chi connectivity index (χ0v) is 11.6. The van der Waals surface area contributed by atoms with Gasteiger partial charge in [0.15, 0.2) is 0 Å². The van der Waals surface area contributed by atoms with Crippen LogP contribution in [0.4, 0.5) is 0 Å². The van der Waals surface area contributed by atoms with Crippen LogP contribution in [-0.2, 0) is 15.9 Å². The fourth-order valence-electron chi connectivity index (χ4n) is 2.44. The Labute approximate surface area is 114 Å². The molecule has 0 radical (unpaired) electrons. The number of benzene rings is 1. The number of nitrogens with two attached hydrogens (primary N) is 1. The number of rotatable bonds is 7. The fourth-order valence-corrected chi connectivity index (χ4v) is 2.44. The predicted octanol–water partition coefficient (Wildman–Crippen LogP) is 2.06. The Hall–Kier alpha value is -1.10. The summed E-state index contributed by atoms with van der Waals surface area (Å²) in [5.41, 5.74) is 8.65. The summed E-state index contributed by atoms with van der Waals surface area (Å²) in [5, 5.41) is 0. The first kappa shape index (κ1) is 14.3. The Morgan fingerprint density at radius 2 is 2.05 bits per heavy atom. The van der Waals surface area contributed by atoms with E-state index < -0.39 is 0 Å². The Balaban J connectivity index is 1.85. The molecule has 0 heterocycles. The molecule has 0 amide bonds. The Bertz CT molecular complexity index is 395. The molecule has 1 aromatic carbocycles. The molecule has 0 aliphatic heterocycles. The van der Waals surface area contributed by atoms with Crippen molar-refractivity contribution >= 4 is 0 Å². The molecule has 0 spiro atoms. The molecular formula is C15H23NO3. The molecule has 0 saturated heterocycles. The second-order valence-electron chi connectivity index (χ2n) is 4.78. The highest BCUT2D eigenvalue weighted by Gasteiger charge is 2.19. The Morgan fingerprint density at radius 1 is 1.21 bits per heavy atom. The third-order valence-electron chi connectivity index (χ3n) is 3.43. The average molecular weight is 265 g/mol. The van der Waals surface area contributed by atoms with Crippen molar-refractivity contribution in [3.8, 4) is 5.75 Å². The van der Waals surface area contributed by atoms with Crippen LogP contribution >= 0.6 is 0 Å². The van der Waals surface area contributed by atoms with Crippen LogP contribution in [0.3, 0.4) is 0 Å². The van der Waals surface area contributed by atoms with E-state index in [1.165, 1.54) is 11.1 Å². The van der Waals surface area contributed by atoms with Gasteiger partial charge in [0.1, 0.15) is 12.4 Å². The zero-order chi connectivity index (χ0) is 13.5. The number of ether oxygens (including phenoxy) is 3. The molecule has 1 aliphatic rings. The van der Waals surface area contributed by atoms with Crippen molar-refractivity contribution in [1.82, 2.24) is 0 Å². The van der Waals surface area contributed by atoms with Gasteiger partial charge in [-0.15, -0.1) is 0 Å². The average Bonchev–Trinajstić information content (AvgIpc) is 2.43. The summed E-state index contributed by atoms with van der Waals surface area (Å²) in [4.78, 5) is 0. The van der Waals surface area contributed by atoms with Crippen LogP contribution in [0.1, 0.15) is 30.0 Å². The van der Waals surface area contributed by atoms with Crippen molar-refractivity contribution in [2.75, 3.05) is 33.5 Å². The van der Waals surface area contributed by atoms with Gasteiger partial charge in [0.25, 0.3) is 0 Å². The minimum Gasteiger partial charge on any atom is -0.491 e. The van der Waals surface area contributed by atoms with Crippen molar-refractivity contribution in [3.05, 3.63) is 29.3 Å². The van der Waals surface area contributed by atoms with Gasteiger partial charge in [0.2, 0.25) is 0 Å². The lowest BCUT2D eigenvalue weighted by atomic mass is 9.88. The minimum atomic E-state index is 0.158. The van der Waals surface area contributed by atoms with E-state index in [2.05, 4.69) is 6.07 Å². The maximum absolute atomic E-state index is 6.13. The van der Waals surface area contributed by atoms with Gasteiger partial charge in [-0.1, -0.05) is 12.1 Å². The molecular weight excluding hydrogens is 242 g/mol. The van der Waals surface area contributed by atoms with E-state index in [4.69, 9.17) is 19.9 Å². The molecule has 1 atom stereocenters. The number of methoxy groups -OCH3 is 1. The van der Waals surface area contributed by atoms with Crippen molar-refractivity contribution in [2.24, 2.45) is 5.73 Å². The van der Waals surface area contributed by atoms with Gasteiger partial charge in [0.05, 0.1) is 19.8 Å². The van der Waals surface area contributed by atoms with E-state index >= 15 is 0 Å². The van der Waals surface area contributed by atoms with Gasteiger partial charge in [-0.3, -0.25) is 0 Å². The molecule has 106 valence electrons. The second-order valence-corrected chi connectivity index (χ2v) is 4.78. The van der Waals surface area contributed by atoms with E-state index in [9.17, 15) is 0 Å². The number of hydrogen-bond donors (Lipinski definition) is 1. The van der Waals surface area contributed by atoms with E-state index in [1.807, 2.05) is 12.1 Å². The van der Waals surface area contributed by atoms with Crippen LogP contribution in [0.5, 0.6) is 5.75 Å². The maximum atomic E-state index is 6.13. The predicted molar refractivity (Wildman–Crippen MR) is 74.5 cm³/mol. The summed E-state index contributed by atoms with van der Waals surface area (Å²) in [7, 11) is 1.67. The summed E-state index contributed by atoms with van der Waals surface area (Å²) in [6, 6.07) is 6.31. The molecule has 0 saturated carbocycles. The van der Waals surface area contributed by atoms with Gasteiger partial charge in [-0.2, -0.15) is 0 Å². The molecule has 1 unspecified atom stereocenters. The lowest BCUT2D eigenvalue weighted by Gasteiger charge is -2.24. The molecule has 4 heteroatoms. The second kappa shape index (κ2) is 7.48. The van der Waals surface area contributed by atoms with Crippen molar-refractivity contribution in [2.45, 2.75) is 25.3 Å². The van der Waals surface area contributed by atoms with Gasteiger partial charge >= 0.3 is 0 Å². The van der Waals surface area contributed by atoms with Gasteiger partial charge in [0, 0.05) is 13.2 Å². The van der Waals surface area contributed by atoms with Gasteiger partial charge < -0.3 is 19.9 Å². The summed E-state index contributed by atoms with van der Waals surface area (Å²) in [6.45, 7) is 2.38. The van der Waals surface area contributed by atoms with Crippen molar-refractivity contribution in [3.63, 3.8) is 0 Å². The van der Waals surface area contributed by atoms with Gasteiger partial charge in [-0.05, 0) is 36.5 Å². The number of fused-ring (bicyclic) bond motifs is 1. The topological polar surface area (TPSA) is 53.7 Å². The van der Waals surface area contributed by atoms with E-state index in [-0.39, 0.29) is 6.04 Å². The molecule has 2 N–H and O–H groups in total. The lowest BCUT2D eigenvalue weighted by molar-refractivity contribution is 0.0542. The number of hydrogen-bond acceptors (Lipinski definition) is 4.